The van der Waals surface area contributed by atoms with E-state index in [2.05, 4.69) is 15.1 Å². The normalized spacial score (nSPS) is 11.5. The summed E-state index contributed by atoms with van der Waals surface area (Å²) in [6, 6.07) is 26.5. The van der Waals surface area contributed by atoms with E-state index in [0.717, 1.165) is 28.1 Å². The number of hydrogen-bond acceptors (Lipinski definition) is 3. The highest BCUT2D eigenvalue weighted by Gasteiger charge is 2.21. The van der Waals surface area contributed by atoms with Crippen LogP contribution in [0.15, 0.2) is 97.2 Å². The van der Waals surface area contributed by atoms with Crippen LogP contribution in [-0.2, 0) is 0 Å². The van der Waals surface area contributed by atoms with Crippen LogP contribution in [0.3, 0.4) is 0 Å². The third-order valence-corrected chi connectivity index (χ3v) is 6.59. The summed E-state index contributed by atoms with van der Waals surface area (Å²) in [5.74, 6) is -2.19. The Morgan fingerprint density at radius 1 is 0.895 bits per heavy atom. The van der Waals surface area contributed by atoms with Crippen molar-refractivity contribution in [2.45, 2.75) is 0 Å². The number of aromatic amines is 2. The van der Waals surface area contributed by atoms with E-state index in [0.29, 0.717) is 33.7 Å². The molecule has 0 saturated carbocycles. The Labute approximate surface area is 214 Å². The molecule has 0 spiro atoms. The van der Waals surface area contributed by atoms with Gasteiger partial charge in [-0.2, -0.15) is 4.39 Å². The molecule has 8 heteroatoms. The summed E-state index contributed by atoms with van der Waals surface area (Å²) in [6.45, 7) is 0. The Bertz CT molecular complexity index is 2000. The molecule has 0 radical (unpaired) electrons. The lowest BCUT2D eigenvalue weighted by Crippen LogP contribution is -2.01. The molecule has 0 aliphatic carbocycles. The monoisotopic (exact) mass is 504 g/mol. The van der Waals surface area contributed by atoms with Gasteiger partial charge in [-0.1, -0.05) is 48.5 Å². The van der Waals surface area contributed by atoms with Crippen molar-refractivity contribution in [3.05, 3.63) is 120 Å². The number of ketones is 1. The Kier molecular flexibility index (Phi) is 4.87. The highest BCUT2D eigenvalue weighted by atomic mass is 19.2. The number of halogens is 2. The van der Waals surface area contributed by atoms with Crippen LogP contribution < -0.4 is 4.74 Å². The van der Waals surface area contributed by atoms with Crippen LogP contribution in [0.25, 0.3) is 38.7 Å². The number of nitrogens with one attached hydrogen (secondary N) is 2. The summed E-state index contributed by atoms with van der Waals surface area (Å²) in [5, 5.41) is 4.04. The number of benzene rings is 4. The van der Waals surface area contributed by atoms with Crippen LogP contribution in [0.2, 0.25) is 0 Å². The predicted molar refractivity (Wildman–Crippen MR) is 141 cm³/mol. The molecule has 0 saturated heterocycles. The molecule has 3 heterocycles. The van der Waals surface area contributed by atoms with Crippen molar-refractivity contribution >= 4 is 33.4 Å². The Morgan fingerprint density at radius 2 is 1.74 bits per heavy atom. The zero-order valence-electron chi connectivity index (χ0n) is 19.7. The average Bonchev–Trinajstić information content (AvgIpc) is 3.64. The number of aromatic nitrogens is 4. The maximum atomic E-state index is 14.1. The first-order chi connectivity index (χ1) is 18.6. The van der Waals surface area contributed by atoms with E-state index in [1.165, 1.54) is 12.1 Å². The predicted octanol–water partition coefficient (Wildman–Crippen LogP) is 7.27. The first kappa shape index (κ1) is 22.0. The fraction of sp³-hybridized carbons (Fsp3) is 0. The van der Waals surface area contributed by atoms with Gasteiger partial charge in [-0.25, -0.2) is 13.9 Å². The summed E-state index contributed by atoms with van der Waals surface area (Å²) in [5.41, 5.74) is 5.48. The van der Waals surface area contributed by atoms with Crippen LogP contribution in [-0.4, -0.2) is 25.4 Å². The van der Waals surface area contributed by atoms with Gasteiger partial charge in [-0.05, 0) is 47.5 Å². The molecular formula is C30H18F2N4O2. The van der Waals surface area contributed by atoms with Gasteiger partial charge in [-0.15, -0.1) is 0 Å². The van der Waals surface area contributed by atoms with Gasteiger partial charge in [0.1, 0.15) is 5.75 Å². The molecule has 0 bridgehead atoms. The van der Waals surface area contributed by atoms with E-state index in [-0.39, 0.29) is 11.5 Å². The van der Waals surface area contributed by atoms with Crippen LogP contribution in [0, 0.1) is 11.6 Å². The molecule has 7 rings (SSSR count). The molecule has 184 valence electrons. The van der Waals surface area contributed by atoms with Crippen molar-refractivity contribution in [1.29, 1.82) is 0 Å². The fourth-order valence-corrected chi connectivity index (χ4v) is 4.78. The number of hydrogen-bond donors (Lipinski definition) is 2. The fourth-order valence-electron chi connectivity index (χ4n) is 4.78. The Balaban J connectivity index is 1.26. The van der Waals surface area contributed by atoms with Gasteiger partial charge in [0.25, 0.3) is 0 Å². The Hall–Kier alpha value is -5.24. The van der Waals surface area contributed by atoms with Crippen LogP contribution in [0.4, 0.5) is 8.78 Å². The third-order valence-electron chi connectivity index (χ3n) is 6.59. The molecular weight excluding hydrogens is 486 g/mol. The molecule has 2 N–H and O–H groups in total. The lowest BCUT2D eigenvalue weighted by Gasteiger charge is -2.06. The van der Waals surface area contributed by atoms with E-state index in [1.54, 1.807) is 28.9 Å². The molecule has 0 amide bonds. The van der Waals surface area contributed by atoms with Crippen molar-refractivity contribution < 1.29 is 18.3 Å². The number of carbonyl (C=O) groups excluding carboxylic acids is 1. The number of carbonyl (C=O) groups is 1. The molecule has 4 aromatic carbocycles. The van der Waals surface area contributed by atoms with Crippen molar-refractivity contribution in [2.24, 2.45) is 0 Å². The highest BCUT2D eigenvalue weighted by molar-refractivity contribution is 6.14. The summed E-state index contributed by atoms with van der Waals surface area (Å²) in [4.78, 5) is 21.5. The minimum Gasteiger partial charge on any atom is -0.454 e. The van der Waals surface area contributed by atoms with Gasteiger partial charge in [0.05, 0.1) is 22.3 Å². The van der Waals surface area contributed by atoms with Gasteiger partial charge >= 0.3 is 0 Å². The van der Waals surface area contributed by atoms with Crippen LogP contribution in [0.5, 0.6) is 11.5 Å². The topological polar surface area (TPSA) is 75.2 Å². The quantitative estimate of drug-likeness (QED) is 0.242. The summed E-state index contributed by atoms with van der Waals surface area (Å²) in [6.07, 6.45) is 1.63. The summed E-state index contributed by atoms with van der Waals surface area (Å²) < 4.78 is 34.9. The van der Waals surface area contributed by atoms with Crippen molar-refractivity contribution in [3.63, 3.8) is 0 Å². The van der Waals surface area contributed by atoms with E-state index in [4.69, 9.17) is 4.74 Å². The molecule has 0 unspecified atom stereocenters. The molecule has 0 fully saturated rings. The second-order valence-electron chi connectivity index (χ2n) is 8.91. The number of nitrogens with zero attached hydrogens (tertiary/aromatic N) is 2. The van der Waals surface area contributed by atoms with E-state index < -0.39 is 11.6 Å². The van der Waals surface area contributed by atoms with Gasteiger partial charge < -0.3 is 9.72 Å². The van der Waals surface area contributed by atoms with Crippen molar-refractivity contribution in [2.75, 3.05) is 0 Å². The molecule has 0 aliphatic rings. The number of rotatable bonds is 5. The largest absolute Gasteiger partial charge is 0.454 e. The molecule has 3 aromatic heterocycles. The Morgan fingerprint density at radius 3 is 2.61 bits per heavy atom. The molecule has 6 nitrogen and oxygen atoms in total. The molecule has 38 heavy (non-hydrogen) atoms. The van der Waals surface area contributed by atoms with Crippen LogP contribution >= 0.6 is 0 Å². The van der Waals surface area contributed by atoms with E-state index >= 15 is 0 Å². The van der Waals surface area contributed by atoms with Gasteiger partial charge in [-0.3, -0.25) is 9.89 Å². The minimum atomic E-state index is -1.06. The lowest BCUT2D eigenvalue weighted by atomic mass is 10.0. The van der Waals surface area contributed by atoms with Gasteiger partial charge in [0.15, 0.2) is 17.2 Å². The minimum absolute atomic E-state index is 0.208. The van der Waals surface area contributed by atoms with Crippen molar-refractivity contribution in [3.8, 4) is 22.6 Å². The standard InChI is InChI=1S/C30H18F2N4O2/c31-22-9-5-11-27(28(22)32)38-18-12-13-26-24(14-18)35-30-21(16-33-36(26)30)29(37)25-15-20-19(8-4-10-23(20)34-25)17-6-2-1-3-7-17/h1-16,33-34H. The van der Waals surface area contributed by atoms with E-state index in [1.807, 2.05) is 54.6 Å². The third kappa shape index (κ3) is 3.46. The summed E-state index contributed by atoms with van der Waals surface area (Å²) in [7, 11) is 0. The second-order valence-corrected chi connectivity index (χ2v) is 8.91. The maximum absolute atomic E-state index is 14.1. The number of H-pyrrole nitrogens is 2. The average molecular weight is 504 g/mol. The highest BCUT2D eigenvalue weighted by Crippen LogP contribution is 2.32. The zero-order chi connectivity index (χ0) is 25.8. The van der Waals surface area contributed by atoms with Gasteiger partial charge in [0.2, 0.25) is 11.6 Å². The zero-order valence-corrected chi connectivity index (χ0v) is 19.7. The second kappa shape index (κ2) is 8.41. The SMILES string of the molecule is O=C(c1cc2c(-c3ccccc3)cccc2[nH]1)c1c[nH]n2c1nc1cc(Oc3cccc(F)c3F)ccc12. The van der Waals surface area contributed by atoms with Gasteiger partial charge in [0, 0.05) is 23.2 Å². The van der Waals surface area contributed by atoms with E-state index in [9.17, 15) is 13.6 Å². The van der Waals surface area contributed by atoms with Crippen molar-refractivity contribution in [1.82, 2.24) is 19.6 Å². The number of ether oxygens (including phenoxy) is 1. The smallest absolute Gasteiger partial charge is 0.214 e. The molecule has 7 aromatic rings. The lowest BCUT2D eigenvalue weighted by molar-refractivity contribution is 0.103. The summed E-state index contributed by atoms with van der Waals surface area (Å²) >= 11 is 0. The number of imidazole rings is 1. The first-order valence-corrected chi connectivity index (χ1v) is 11.9. The molecule has 0 aliphatic heterocycles. The number of fused-ring (bicyclic) bond motifs is 4. The maximum Gasteiger partial charge on any atom is 0.214 e. The first-order valence-electron chi connectivity index (χ1n) is 11.9. The van der Waals surface area contributed by atoms with Crippen LogP contribution in [0.1, 0.15) is 16.1 Å². The molecule has 0 atom stereocenters.